The van der Waals surface area contributed by atoms with Gasteiger partial charge in [-0.3, -0.25) is 13.9 Å². The van der Waals surface area contributed by atoms with Crippen LogP contribution in [0.5, 0.6) is 0 Å². The Hall–Kier alpha value is -4.43. The van der Waals surface area contributed by atoms with Crippen molar-refractivity contribution in [2.24, 2.45) is 0 Å². The van der Waals surface area contributed by atoms with Crippen molar-refractivity contribution in [1.82, 2.24) is 10.2 Å². The van der Waals surface area contributed by atoms with Crippen molar-refractivity contribution in [1.29, 1.82) is 0 Å². The number of hydrogen-bond acceptors (Lipinski definition) is 4. The highest BCUT2D eigenvalue weighted by atomic mass is 32.2. The molecule has 4 aromatic rings. The van der Waals surface area contributed by atoms with Crippen LogP contribution >= 0.6 is 0 Å². The zero-order valence-corrected chi connectivity index (χ0v) is 26.9. The molecule has 230 valence electrons. The van der Waals surface area contributed by atoms with E-state index in [-0.39, 0.29) is 23.8 Å². The van der Waals surface area contributed by atoms with Crippen LogP contribution < -0.4 is 9.62 Å². The van der Waals surface area contributed by atoms with Gasteiger partial charge in [-0.25, -0.2) is 8.42 Å². The van der Waals surface area contributed by atoms with Crippen LogP contribution in [0, 0.1) is 27.7 Å². The third-order valence-electron chi connectivity index (χ3n) is 7.48. The van der Waals surface area contributed by atoms with Crippen molar-refractivity contribution in [2.75, 3.05) is 17.4 Å². The third-order valence-corrected chi connectivity index (χ3v) is 9.27. The Kier molecular flexibility index (Phi) is 10.6. The van der Waals surface area contributed by atoms with Gasteiger partial charge >= 0.3 is 0 Å². The summed E-state index contributed by atoms with van der Waals surface area (Å²) in [7, 11) is -4.14. The van der Waals surface area contributed by atoms with E-state index in [4.69, 9.17) is 0 Å². The number of nitrogens with one attached hydrogen (secondary N) is 1. The summed E-state index contributed by atoms with van der Waals surface area (Å²) < 4.78 is 29.6. The lowest BCUT2D eigenvalue weighted by molar-refractivity contribution is -0.140. The smallest absolute Gasteiger partial charge is 0.264 e. The molecule has 8 heteroatoms. The minimum Gasteiger partial charge on any atom is -0.355 e. The summed E-state index contributed by atoms with van der Waals surface area (Å²) in [5, 5.41) is 2.89. The van der Waals surface area contributed by atoms with Gasteiger partial charge in [0.1, 0.15) is 12.6 Å². The molecule has 44 heavy (non-hydrogen) atoms. The summed E-state index contributed by atoms with van der Waals surface area (Å²) in [4.78, 5) is 29.7. The van der Waals surface area contributed by atoms with Crippen LogP contribution in [0.15, 0.2) is 102 Å². The molecule has 7 nitrogen and oxygen atoms in total. The van der Waals surface area contributed by atoms with E-state index in [9.17, 15) is 18.0 Å². The van der Waals surface area contributed by atoms with Crippen molar-refractivity contribution in [3.05, 3.63) is 130 Å². The number of sulfonamides is 1. The molecule has 0 spiro atoms. The highest BCUT2D eigenvalue weighted by molar-refractivity contribution is 7.92. The maximum Gasteiger partial charge on any atom is 0.264 e. The van der Waals surface area contributed by atoms with Crippen LogP contribution in [-0.2, 0) is 32.6 Å². The van der Waals surface area contributed by atoms with Gasteiger partial charge in [-0.15, -0.1) is 0 Å². The Morgan fingerprint density at radius 1 is 0.727 bits per heavy atom. The monoisotopic (exact) mass is 611 g/mol. The van der Waals surface area contributed by atoms with Crippen molar-refractivity contribution in [2.45, 2.75) is 58.5 Å². The van der Waals surface area contributed by atoms with Crippen molar-refractivity contribution in [3.63, 3.8) is 0 Å². The minimum atomic E-state index is -4.14. The van der Waals surface area contributed by atoms with Gasteiger partial charge in [0.25, 0.3) is 10.0 Å². The van der Waals surface area contributed by atoms with Crippen LogP contribution in [0.3, 0.4) is 0 Å². The quantitative estimate of drug-likeness (QED) is 0.216. The van der Waals surface area contributed by atoms with Crippen LogP contribution in [0.1, 0.15) is 40.3 Å². The molecule has 0 saturated heterocycles. The normalized spacial score (nSPS) is 11.9. The zero-order chi connectivity index (χ0) is 31.9. The number of carbonyl (C=O) groups is 2. The molecule has 0 saturated carbocycles. The Bertz CT molecular complexity index is 1670. The molecule has 0 aliphatic rings. The largest absolute Gasteiger partial charge is 0.355 e. The summed E-state index contributed by atoms with van der Waals surface area (Å²) in [6, 6.07) is 28.5. The van der Waals surface area contributed by atoms with Crippen molar-refractivity contribution >= 4 is 27.5 Å². The average Bonchev–Trinajstić information content (AvgIpc) is 2.98. The standard InChI is InChI=1S/C36H41N3O4S/c1-6-37-36(41)34(23-30-10-8-7-9-11-30)38(24-31-16-12-26(2)13-17-31)35(40)25-39(32-21-28(4)20-29(5)22-32)44(42,43)33-18-14-27(3)15-19-33/h7-22,34H,6,23-25H2,1-5H3,(H,37,41)/t34-/m1/s1. The predicted octanol–water partition coefficient (Wildman–Crippen LogP) is 5.89. The van der Waals surface area contributed by atoms with E-state index in [0.717, 1.165) is 33.4 Å². The third kappa shape index (κ3) is 8.14. The van der Waals surface area contributed by atoms with Crippen LogP contribution in [0.4, 0.5) is 5.69 Å². The summed E-state index contributed by atoms with van der Waals surface area (Å²) >= 11 is 0. The second-order valence-corrected chi connectivity index (χ2v) is 13.1. The highest BCUT2D eigenvalue weighted by Crippen LogP contribution is 2.27. The highest BCUT2D eigenvalue weighted by Gasteiger charge is 2.34. The van der Waals surface area contributed by atoms with Gasteiger partial charge in [0.05, 0.1) is 10.6 Å². The number of nitrogens with zero attached hydrogens (tertiary/aromatic N) is 2. The van der Waals surface area contributed by atoms with Crippen LogP contribution in [-0.4, -0.2) is 44.3 Å². The van der Waals surface area contributed by atoms with E-state index >= 15 is 0 Å². The van der Waals surface area contributed by atoms with E-state index in [1.807, 2.05) is 95.3 Å². The van der Waals surface area contributed by atoms with Gasteiger partial charge in [0.15, 0.2) is 0 Å². The number of anilines is 1. The number of likely N-dealkylation sites (N-methyl/N-ethyl adjacent to an activating group) is 1. The summed E-state index contributed by atoms with van der Waals surface area (Å²) in [6.07, 6.45) is 0.276. The first kappa shape index (κ1) is 32.5. The number of aryl methyl sites for hydroxylation is 4. The van der Waals surface area contributed by atoms with Gasteiger partial charge in [0.2, 0.25) is 11.8 Å². The van der Waals surface area contributed by atoms with Crippen molar-refractivity contribution in [3.8, 4) is 0 Å². The molecule has 0 heterocycles. The van der Waals surface area contributed by atoms with Gasteiger partial charge in [-0.05, 0) is 81.1 Å². The van der Waals surface area contributed by atoms with Gasteiger partial charge in [0, 0.05) is 19.5 Å². The topological polar surface area (TPSA) is 86.8 Å². The van der Waals surface area contributed by atoms with E-state index < -0.39 is 28.5 Å². The lowest BCUT2D eigenvalue weighted by Gasteiger charge is -2.34. The maximum absolute atomic E-state index is 14.5. The molecule has 0 aromatic heterocycles. The fourth-order valence-electron chi connectivity index (χ4n) is 5.20. The first-order chi connectivity index (χ1) is 21.0. The Morgan fingerprint density at radius 3 is 1.86 bits per heavy atom. The molecule has 2 amide bonds. The fourth-order valence-corrected chi connectivity index (χ4v) is 6.59. The van der Waals surface area contributed by atoms with Crippen molar-refractivity contribution < 1.29 is 18.0 Å². The molecule has 0 bridgehead atoms. The number of benzene rings is 4. The number of rotatable bonds is 12. The maximum atomic E-state index is 14.5. The Balaban J connectivity index is 1.81. The van der Waals surface area contributed by atoms with E-state index in [0.29, 0.717) is 12.2 Å². The molecular formula is C36H41N3O4S. The van der Waals surface area contributed by atoms with Gasteiger partial charge < -0.3 is 10.2 Å². The zero-order valence-electron chi connectivity index (χ0n) is 26.1. The molecule has 0 aliphatic carbocycles. The predicted molar refractivity (Wildman–Crippen MR) is 176 cm³/mol. The Labute approximate surface area is 261 Å². The molecule has 0 unspecified atom stereocenters. The van der Waals surface area contributed by atoms with Gasteiger partial charge in [-0.2, -0.15) is 0 Å². The lowest BCUT2D eigenvalue weighted by atomic mass is 10.0. The molecular weight excluding hydrogens is 570 g/mol. The number of carbonyl (C=O) groups excluding carboxylic acids is 2. The van der Waals surface area contributed by atoms with Gasteiger partial charge in [-0.1, -0.05) is 83.9 Å². The average molecular weight is 612 g/mol. The first-order valence-electron chi connectivity index (χ1n) is 14.8. The number of amides is 2. The molecule has 1 atom stereocenters. The molecule has 4 rings (SSSR count). The molecule has 1 N–H and O–H groups in total. The first-order valence-corrected chi connectivity index (χ1v) is 16.3. The minimum absolute atomic E-state index is 0.0877. The van der Waals surface area contributed by atoms with E-state index in [1.54, 1.807) is 36.4 Å². The van der Waals surface area contributed by atoms with E-state index in [1.165, 1.54) is 9.21 Å². The van der Waals surface area contributed by atoms with Crippen LogP contribution in [0.25, 0.3) is 0 Å². The second kappa shape index (κ2) is 14.4. The number of hydrogen-bond donors (Lipinski definition) is 1. The van der Waals surface area contributed by atoms with E-state index in [2.05, 4.69) is 5.32 Å². The second-order valence-electron chi connectivity index (χ2n) is 11.3. The molecule has 0 aliphatic heterocycles. The fraction of sp³-hybridized carbons (Fsp3) is 0.278. The summed E-state index contributed by atoms with van der Waals surface area (Å²) in [6.45, 7) is 9.55. The summed E-state index contributed by atoms with van der Waals surface area (Å²) in [5.74, 6) is -0.774. The summed E-state index contributed by atoms with van der Waals surface area (Å²) in [5.41, 5.74) is 5.86. The SMILES string of the molecule is CCNC(=O)[C@@H](Cc1ccccc1)N(Cc1ccc(C)cc1)C(=O)CN(c1cc(C)cc(C)c1)S(=O)(=O)c1ccc(C)cc1. The molecule has 0 fully saturated rings. The molecule has 0 radical (unpaired) electrons. The molecule has 4 aromatic carbocycles. The Morgan fingerprint density at radius 2 is 1.30 bits per heavy atom. The van der Waals surface area contributed by atoms with Crippen LogP contribution in [0.2, 0.25) is 0 Å². The lowest BCUT2D eigenvalue weighted by Crippen LogP contribution is -2.53.